The van der Waals surface area contributed by atoms with Gasteiger partial charge < -0.3 is 10.0 Å². The van der Waals surface area contributed by atoms with Crippen LogP contribution in [-0.2, 0) is 0 Å². The molecule has 20 heavy (non-hydrogen) atoms. The Balaban J connectivity index is 1.77. The maximum atomic E-state index is 13.1. The minimum Gasteiger partial charge on any atom is -0.465 e. The van der Waals surface area contributed by atoms with Gasteiger partial charge in [0.1, 0.15) is 5.82 Å². The third-order valence-corrected chi connectivity index (χ3v) is 4.77. The molecular formula is C14H16ClFN2O2. The van der Waals surface area contributed by atoms with E-state index in [0.717, 1.165) is 12.0 Å². The first-order valence-electron chi connectivity index (χ1n) is 6.67. The van der Waals surface area contributed by atoms with Crippen molar-refractivity contribution in [3.63, 3.8) is 0 Å². The molecule has 0 saturated carbocycles. The van der Waals surface area contributed by atoms with Crippen LogP contribution in [0, 0.1) is 5.82 Å². The summed E-state index contributed by atoms with van der Waals surface area (Å²) >= 11 is 6.11. The van der Waals surface area contributed by atoms with Crippen LogP contribution < -0.4 is 0 Å². The molecule has 0 radical (unpaired) electrons. The van der Waals surface area contributed by atoms with Gasteiger partial charge >= 0.3 is 6.09 Å². The normalized spacial score (nSPS) is 27.1. The van der Waals surface area contributed by atoms with Gasteiger partial charge in [0.15, 0.2) is 0 Å². The molecule has 1 amide bonds. The maximum Gasteiger partial charge on any atom is 0.407 e. The number of halogens is 2. The van der Waals surface area contributed by atoms with Gasteiger partial charge in [-0.05, 0) is 31.0 Å². The van der Waals surface area contributed by atoms with Crippen molar-refractivity contribution in [3.8, 4) is 0 Å². The van der Waals surface area contributed by atoms with E-state index in [1.54, 1.807) is 6.07 Å². The van der Waals surface area contributed by atoms with Crippen LogP contribution in [0.25, 0.3) is 0 Å². The van der Waals surface area contributed by atoms with Gasteiger partial charge in [-0.1, -0.05) is 17.7 Å². The summed E-state index contributed by atoms with van der Waals surface area (Å²) in [7, 11) is 0. The topological polar surface area (TPSA) is 43.8 Å². The van der Waals surface area contributed by atoms with Gasteiger partial charge in [0.25, 0.3) is 0 Å². The summed E-state index contributed by atoms with van der Waals surface area (Å²) in [6.07, 6.45) is 0.0275. The molecule has 1 N–H and O–H groups in total. The van der Waals surface area contributed by atoms with Crippen molar-refractivity contribution in [1.29, 1.82) is 0 Å². The molecule has 2 heterocycles. The predicted molar refractivity (Wildman–Crippen MR) is 73.5 cm³/mol. The Bertz CT molecular complexity index is 554. The summed E-state index contributed by atoms with van der Waals surface area (Å²) in [5.41, 5.74) is 0.891. The SMILES string of the molecule is CC(c1ccc(F)cc1Cl)N1CC2CC1CN2C(=O)O. The molecule has 0 aromatic heterocycles. The molecule has 1 aromatic carbocycles. The molecule has 2 aliphatic rings. The Morgan fingerprint density at radius 3 is 2.75 bits per heavy atom. The van der Waals surface area contributed by atoms with Crippen molar-refractivity contribution in [2.75, 3.05) is 13.1 Å². The highest BCUT2D eigenvalue weighted by atomic mass is 35.5. The van der Waals surface area contributed by atoms with E-state index in [4.69, 9.17) is 16.7 Å². The lowest BCUT2D eigenvalue weighted by atomic mass is 10.1. The molecule has 1 aromatic rings. The number of piperazine rings is 1. The zero-order chi connectivity index (χ0) is 14.4. The molecule has 6 heteroatoms. The molecular weight excluding hydrogens is 283 g/mol. The van der Waals surface area contributed by atoms with E-state index >= 15 is 0 Å². The minimum absolute atomic E-state index is 0.0639. The van der Waals surface area contributed by atoms with Gasteiger partial charge in [-0.15, -0.1) is 0 Å². The number of carbonyl (C=O) groups is 1. The van der Waals surface area contributed by atoms with Crippen LogP contribution in [0.2, 0.25) is 5.02 Å². The number of carboxylic acid groups (broad SMARTS) is 1. The number of likely N-dealkylation sites (tertiary alicyclic amines) is 2. The summed E-state index contributed by atoms with van der Waals surface area (Å²) in [5.74, 6) is -0.342. The lowest BCUT2D eigenvalue weighted by molar-refractivity contribution is 0.0862. The van der Waals surface area contributed by atoms with Crippen LogP contribution >= 0.6 is 11.6 Å². The van der Waals surface area contributed by atoms with Gasteiger partial charge in [0.05, 0.1) is 0 Å². The first-order chi connectivity index (χ1) is 9.47. The number of amides is 1. The van der Waals surface area contributed by atoms with Gasteiger partial charge in [-0.3, -0.25) is 4.90 Å². The first-order valence-corrected chi connectivity index (χ1v) is 7.05. The summed E-state index contributed by atoms with van der Waals surface area (Å²) in [6, 6.07) is 4.81. The zero-order valence-corrected chi connectivity index (χ0v) is 11.8. The molecule has 0 spiro atoms. The Morgan fingerprint density at radius 1 is 1.45 bits per heavy atom. The van der Waals surface area contributed by atoms with Gasteiger partial charge in [0, 0.05) is 36.2 Å². The van der Waals surface area contributed by atoms with Crippen molar-refractivity contribution in [2.24, 2.45) is 0 Å². The number of hydrogen-bond donors (Lipinski definition) is 1. The van der Waals surface area contributed by atoms with Crippen molar-refractivity contribution >= 4 is 17.7 Å². The fourth-order valence-corrected chi connectivity index (χ4v) is 3.75. The average molecular weight is 299 g/mol. The molecule has 2 saturated heterocycles. The number of fused-ring (bicyclic) bond motifs is 2. The lowest BCUT2D eigenvalue weighted by Gasteiger charge is -2.36. The van der Waals surface area contributed by atoms with E-state index in [1.807, 2.05) is 6.92 Å². The number of hydrogen-bond acceptors (Lipinski definition) is 2. The van der Waals surface area contributed by atoms with E-state index in [1.165, 1.54) is 17.0 Å². The Morgan fingerprint density at radius 2 is 2.20 bits per heavy atom. The zero-order valence-electron chi connectivity index (χ0n) is 11.1. The maximum absolute atomic E-state index is 13.1. The number of nitrogens with zero attached hydrogens (tertiary/aromatic N) is 2. The molecule has 3 rings (SSSR count). The van der Waals surface area contributed by atoms with E-state index in [-0.39, 0.29) is 23.9 Å². The predicted octanol–water partition coefficient (Wildman–Crippen LogP) is 2.98. The highest BCUT2D eigenvalue weighted by Gasteiger charge is 2.47. The van der Waals surface area contributed by atoms with Crippen molar-refractivity contribution in [2.45, 2.75) is 31.5 Å². The second-order valence-electron chi connectivity index (χ2n) is 5.52. The molecule has 0 aliphatic carbocycles. The van der Waals surface area contributed by atoms with E-state index in [9.17, 15) is 9.18 Å². The van der Waals surface area contributed by atoms with Gasteiger partial charge in [-0.2, -0.15) is 0 Å². The Labute approximate surface area is 121 Å². The fourth-order valence-electron chi connectivity index (χ4n) is 3.43. The molecule has 4 nitrogen and oxygen atoms in total. The van der Waals surface area contributed by atoms with Gasteiger partial charge in [-0.25, -0.2) is 9.18 Å². The molecule has 2 bridgehead atoms. The standard InChI is InChI=1S/C14H16ClFN2O2/c1-8(12-3-2-9(16)4-13(12)15)17-6-11-5-10(17)7-18(11)14(19)20/h2-4,8,10-11H,5-7H2,1H3,(H,19,20). The second-order valence-corrected chi connectivity index (χ2v) is 5.92. The molecule has 3 atom stereocenters. The van der Waals surface area contributed by atoms with E-state index in [2.05, 4.69) is 4.90 Å². The molecule has 3 unspecified atom stereocenters. The van der Waals surface area contributed by atoms with Crippen LogP contribution in [0.1, 0.15) is 24.9 Å². The third kappa shape index (κ3) is 2.15. The average Bonchev–Trinajstić information content (AvgIpc) is 2.97. The van der Waals surface area contributed by atoms with E-state index < -0.39 is 6.09 Å². The van der Waals surface area contributed by atoms with Crippen LogP contribution in [0.3, 0.4) is 0 Å². The summed E-state index contributed by atoms with van der Waals surface area (Å²) in [4.78, 5) is 14.9. The van der Waals surface area contributed by atoms with Crippen LogP contribution in [0.4, 0.5) is 9.18 Å². The number of rotatable bonds is 2. The smallest absolute Gasteiger partial charge is 0.407 e. The quantitative estimate of drug-likeness (QED) is 0.913. The van der Waals surface area contributed by atoms with Gasteiger partial charge in [0.2, 0.25) is 0 Å². The highest BCUT2D eigenvalue weighted by Crippen LogP contribution is 2.38. The lowest BCUT2D eigenvalue weighted by Crippen LogP contribution is -2.48. The molecule has 2 aliphatic heterocycles. The monoisotopic (exact) mass is 298 g/mol. The summed E-state index contributed by atoms with van der Waals surface area (Å²) < 4.78 is 13.1. The van der Waals surface area contributed by atoms with Crippen LogP contribution in [0.15, 0.2) is 18.2 Å². The Hall–Kier alpha value is -1.33. The second kappa shape index (κ2) is 4.90. The molecule has 2 fully saturated rings. The fraction of sp³-hybridized carbons (Fsp3) is 0.500. The third-order valence-electron chi connectivity index (χ3n) is 4.44. The van der Waals surface area contributed by atoms with Crippen LogP contribution in [0.5, 0.6) is 0 Å². The van der Waals surface area contributed by atoms with Crippen molar-refractivity contribution in [1.82, 2.24) is 9.80 Å². The van der Waals surface area contributed by atoms with E-state index in [0.29, 0.717) is 18.1 Å². The first kappa shape index (κ1) is 13.6. The minimum atomic E-state index is -0.843. The largest absolute Gasteiger partial charge is 0.465 e. The van der Waals surface area contributed by atoms with Crippen molar-refractivity contribution in [3.05, 3.63) is 34.6 Å². The number of benzene rings is 1. The highest BCUT2D eigenvalue weighted by molar-refractivity contribution is 6.31. The summed E-state index contributed by atoms with van der Waals surface area (Å²) in [6.45, 7) is 3.29. The Kier molecular flexibility index (Phi) is 3.34. The summed E-state index contributed by atoms with van der Waals surface area (Å²) in [5, 5.41) is 9.52. The molecule has 108 valence electrons. The van der Waals surface area contributed by atoms with Crippen molar-refractivity contribution < 1.29 is 14.3 Å². The van der Waals surface area contributed by atoms with Crippen LogP contribution in [-0.4, -0.2) is 46.2 Å².